The summed E-state index contributed by atoms with van der Waals surface area (Å²) < 4.78 is 1.98. The summed E-state index contributed by atoms with van der Waals surface area (Å²) in [7, 11) is 1.79. The lowest BCUT2D eigenvalue weighted by Crippen LogP contribution is -2.42. The van der Waals surface area contributed by atoms with Gasteiger partial charge in [0.25, 0.3) is 0 Å². The van der Waals surface area contributed by atoms with Gasteiger partial charge >= 0.3 is 0 Å². The fourth-order valence-corrected chi connectivity index (χ4v) is 2.86. The fourth-order valence-electron chi connectivity index (χ4n) is 2.86. The standard InChI is InChI=1S/C12H17N5O2/c1-13-11-10-12(15-5-14-11)17(6-16-10)9-2-7(3-18)8(9)4-19/h5-9,18-19H,2-4H2,1H3,(H,13,14,15)/t7-,8-,9-/m1/s1. The Morgan fingerprint density at radius 2 is 2.16 bits per heavy atom. The maximum Gasteiger partial charge on any atom is 0.165 e. The van der Waals surface area contributed by atoms with Crippen molar-refractivity contribution in [1.29, 1.82) is 0 Å². The van der Waals surface area contributed by atoms with Crippen LogP contribution >= 0.6 is 0 Å². The van der Waals surface area contributed by atoms with Crippen LogP contribution in [0.25, 0.3) is 11.2 Å². The first-order valence-corrected chi connectivity index (χ1v) is 6.37. The van der Waals surface area contributed by atoms with Crippen LogP contribution in [0.3, 0.4) is 0 Å². The lowest BCUT2D eigenvalue weighted by Gasteiger charge is -2.43. The van der Waals surface area contributed by atoms with Gasteiger partial charge in [0.05, 0.1) is 6.33 Å². The monoisotopic (exact) mass is 263 g/mol. The van der Waals surface area contributed by atoms with Gasteiger partial charge in [-0.2, -0.15) is 0 Å². The summed E-state index contributed by atoms with van der Waals surface area (Å²) >= 11 is 0. The maximum absolute atomic E-state index is 9.44. The van der Waals surface area contributed by atoms with Crippen molar-refractivity contribution in [3.05, 3.63) is 12.7 Å². The molecule has 3 N–H and O–H groups in total. The minimum atomic E-state index is 0.0652. The number of fused-ring (bicyclic) bond motifs is 1. The highest BCUT2D eigenvalue weighted by atomic mass is 16.3. The molecule has 2 heterocycles. The first kappa shape index (κ1) is 12.3. The molecule has 1 fully saturated rings. The predicted octanol–water partition coefficient (Wildman–Crippen LogP) is 0.0298. The molecule has 3 atom stereocenters. The molecule has 0 radical (unpaired) electrons. The van der Waals surface area contributed by atoms with Crippen molar-refractivity contribution in [2.75, 3.05) is 25.6 Å². The molecule has 1 aliphatic rings. The molecular formula is C12H17N5O2. The number of anilines is 1. The Kier molecular flexibility index (Phi) is 3.08. The summed E-state index contributed by atoms with van der Waals surface area (Å²) in [5.74, 6) is 0.927. The topological polar surface area (TPSA) is 96.1 Å². The molecule has 0 amide bonds. The van der Waals surface area contributed by atoms with Crippen LogP contribution in [0.1, 0.15) is 12.5 Å². The van der Waals surface area contributed by atoms with Gasteiger partial charge in [-0.25, -0.2) is 15.0 Å². The number of aliphatic hydroxyl groups excluding tert-OH is 2. The van der Waals surface area contributed by atoms with E-state index in [1.165, 1.54) is 6.33 Å². The van der Waals surface area contributed by atoms with Crippen LogP contribution in [0.4, 0.5) is 5.82 Å². The lowest BCUT2D eigenvalue weighted by atomic mass is 9.70. The van der Waals surface area contributed by atoms with Gasteiger partial charge in [-0.1, -0.05) is 0 Å². The third kappa shape index (κ3) is 1.77. The molecule has 0 aliphatic heterocycles. The third-order valence-corrected chi connectivity index (χ3v) is 4.04. The third-order valence-electron chi connectivity index (χ3n) is 4.04. The molecule has 0 aromatic carbocycles. The molecule has 3 rings (SSSR count). The molecule has 19 heavy (non-hydrogen) atoms. The highest BCUT2D eigenvalue weighted by Gasteiger charge is 2.41. The normalized spacial score (nSPS) is 26.4. The van der Waals surface area contributed by atoms with E-state index in [2.05, 4.69) is 20.3 Å². The zero-order chi connectivity index (χ0) is 13.4. The number of nitrogens with zero attached hydrogens (tertiary/aromatic N) is 4. The van der Waals surface area contributed by atoms with Crippen LogP contribution in [-0.4, -0.2) is 50.0 Å². The van der Waals surface area contributed by atoms with Crippen molar-refractivity contribution in [3.63, 3.8) is 0 Å². The van der Waals surface area contributed by atoms with E-state index in [9.17, 15) is 10.2 Å². The summed E-state index contributed by atoms with van der Waals surface area (Å²) in [6.45, 7) is 0.185. The summed E-state index contributed by atoms with van der Waals surface area (Å²) in [6.07, 6.45) is 4.08. The van der Waals surface area contributed by atoms with Crippen LogP contribution in [0.15, 0.2) is 12.7 Å². The largest absolute Gasteiger partial charge is 0.396 e. The van der Waals surface area contributed by atoms with Crippen LogP contribution in [0.2, 0.25) is 0 Å². The zero-order valence-corrected chi connectivity index (χ0v) is 10.7. The summed E-state index contributed by atoms with van der Waals surface area (Å²) in [6, 6.07) is 0.145. The number of rotatable bonds is 4. The van der Waals surface area contributed by atoms with E-state index >= 15 is 0 Å². The molecule has 0 spiro atoms. The second kappa shape index (κ2) is 4.75. The number of hydrogen-bond donors (Lipinski definition) is 3. The van der Waals surface area contributed by atoms with Crippen molar-refractivity contribution in [2.45, 2.75) is 12.5 Å². The highest BCUT2D eigenvalue weighted by molar-refractivity contribution is 5.82. The van der Waals surface area contributed by atoms with Gasteiger partial charge < -0.3 is 20.1 Å². The molecule has 2 aromatic rings. The number of hydrogen-bond acceptors (Lipinski definition) is 6. The molecule has 2 aromatic heterocycles. The molecule has 0 bridgehead atoms. The smallest absolute Gasteiger partial charge is 0.165 e. The first-order valence-electron chi connectivity index (χ1n) is 6.37. The Morgan fingerprint density at radius 3 is 2.84 bits per heavy atom. The highest BCUT2D eigenvalue weighted by Crippen LogP contribution is 2.44. The summed E-state index contributed by atoms with van der Waals surface area (Å²) in [5, 5.41) is 21.7. The molecule has 1 aliphatic carbocycles. The molecule has 7 heteroatoms. The van der Waals surface area contributed by atoms with Gasteiger partial charge in [0.15, 0.2) is 11.5 Å². The van der Waals surface area contributed by atoms with Crippen molar-refractivity contribution in [2.24, 2.45) is 11.8 Å². The molecule has 102 valence electrons. The second-order valence-corrected chi connectivity index (χ2v) is 4.89. The van der Waals surface area contributed by atoms with Crippen molar-refractivity contribution in [1.82, 2.24) is 19.5 Å². The zero-order valence-electron chi connectivity index (χ0n) is 10.7. The van der Waals surface area contributed by atoms with E-state index in [1.807, 2.05) is 4.57 Å². The van der Waals surface area contributed by atoms with E-state index in [-0.39, 0.29) is 31.1 Å². The molecule has 0 unspecified atom stereocenters. The number of aliphatic hydroxyl groups is 2. The second-order valence-electron chi connectivity index (χ2n) is 4.89. The molecule has 1 saturated carbocycles. The van der Waals surface area contributed by atoms with Gasteiger partial charge in [-0.05, 0) is 12.3 Å². The van der Waals surface area contributed by atoms with E-state index in [0.29, 0.717) is 5.82 Å². The van der Waals surface area contributed by atoms with E-state index in [0.717, 1.165) is 17.6 Å². The Balaban J connectivity index is 1.98. The van der Waals surface area contributed by atoms with Crippen LogP contribution in [-0.2, 0) is 0 Å². The predicted molar refractivity (Wildman–Crippen MR) is 69.7 cm³/mol. The lowest BCUT2D eigenvalue weighted by molar-refractivity contribution is -0.00529. The molecule has 7 nitrogen and oxygen atoms in total. The summed E-state index contributed by atoms with van der Waals surface area (Å²) in [4.78, 5) is 12.7. The van der Waals surface area contributed by atoms with Gasteiger partial charge in [0.1, 0.15) is 11.8 Å². The molecule has 0 saturated heterocycles. The number of imidazole rings is 1. The van der Waals surface area contributed by atoms with Gasteiger partial charge in [0, 0.05) is 32.2 Å². The fraction of sp³-hybridized carbons (Fsp3) is 0.583. The van der Waals surface area contributed by atoms with Crippen molar-refractivity contribution in [3.8, 4) is 0 Å². The Hall–Kier alpha value is -1.73. The van der Waals surface area contributed by atoms with Gasteiger partial charge in [-0.3, -0.25) is 0 Å². The van der Waals surface area contributed by atoms with Crippen LogP contribution < -0.4 is 5.32 Å². The van der Waals surface area contributed by atoms with E-state index in [1.54, 1.807) is 13.4 Å². The van der Waals surface area contributed by atoms with Gasteiger partial charge in [-0.15, -0.1) is 0 Å². The van der Waals surface area contributed by atoms with Crippen LogP contribution in [0, 0.1) is 11.8 Å². The minimum absolute atomic E-state index is 0.0652. The first-order chi connectivity index (χ1) is 9.30. The minimum Gasteiger partial charge on any atom is -0.396 e. The quantitative estimate of drug-likeness (QED) is 0.720. The number of nitrogens with one attached hydrogen (secondary N) is 1. The van der Waals surface area contributed by atoms with Crippen molar-refractivity contribution < 1.29 is 10.2 Å². The maximum atomic E-state index is 9.44. The Labute approximate surface area is 110 Å². The van der Waals surface area contributed by atoms with Gasteiger partial charge in [0.2, 0.25) is 0 Å². The Bertz CT molecular complexity index is 585. The van der Waals surface area contributed by atoms with E-state index in [4.69, 9.17) is 0 Å². The average molecular weight is 263 g/mol. The Morgan fingerprint density at radius 1 is 1.32 bits per heavy atom. The average Bonchev–Trinajstić information content (AvgIpc) is 2.82. The number of aromatic nitrogens is 4. The molecular weight excluding hydrogens is 246 g/mol. The van der Waals surface area contributed by atoms with E-state index < -0.39 is 0 Å². The van der Waals surface area contributed by atoms with Crippen molar-refractivity contribution >= 4 is 17.0 Å². The summed E-state index contributed by atoms with van der Waals surface area (Å²) in [5.41, 5.74) is 1.49. The SMILES string of the molecule is CNc1ncnc2c1ncn2[C@@H]1C[C@H](CO)[C@H]1CO. The van der Waals surface area contributed by atoms with Crippen LogP contribution in [0.5, 0.6) is 0 Å².